The number of amides is 1. The van der Waals surface area contributed by atoms with Crippen molar-refractivity contribution < 1.29 is 19.0 Å². The molecule has 0 radical (unpaired) electrons. The Morgan fingerprint density at radius 3 is 2.97 bits per heavy atom. The van der Waals surface area contributed by atoms with Gasteiger partial charge in [0.15, 0.2) is 0 Å². The first-order valence-corrected chi connectivity index (χ1v) is 11.7. The molecule has 160 valence electrons. The average molecular weight is 428 g/mol. The van der Waals surface area contributed by atoms with Gasteiger partial charge in [-0.15, -0.1) is 11.8 Å². The quantitative estimate of drug-likeness (QED) is 0.624. The first-order valence-electron chi connectivity index (χ1n) is 10.7. The van der Waals surface area contributed by atoms with Gasteiger partial charge in [-0.2, -0.15) is 0 Å². The van der Waals surface area contributed by atoms with Gasteiger partial charge in [0.1, 0.15) is 17.6 Å². The second-order valence-corrected chi connectivity index (χ2v) is 8.82. The van der Waals surface area contributed by atoms with Crippen LogP contribution in [0.4, 0.5) is 0 Å². The molecular formula is C24H29NO4S. The zero-order valence-corrected chi connectivity index (χ0v) is 18.4. The summed E-state index contributed by atoms with van der Waals surface area (Å²) in [5, 5.41) is 3.07. The Balaban J connectivity index is 1.44. The molecular weight excluding hydrogens is 398 g/mol. The molecule has 6 heteroatoms. The molecule has 2 atom stereocenters. The third-order valence-corrected chi connectivity index (χ3v) is 6.60. The fraction of sp³-hybridized carbons (Fsp3) is 0.458. The van der Waals surface area contributed by atoms with E-state index in [-0.39, 0.29) is 18.1 Å². The van der Waals surface area contributed by atoms with E-state index in [1.165, 1.54) is 0 Å². The van der Waals surface area contributed by atoms with Gasteiger partial charge in [0.05, 0.1) is 18.3 Å². The van der Waals surface area contributed by atoms with E-state index in [0.29, 0.717) is 18.7 Å². The number of nitrogens with one attached hydrogen (secondary N) is 1. The second kappa shape index (κ2) is 9.75. The minimum Gasteiger partial charge on any atom is -0.494 e. The molecule has 0 aromatic heterocycles. The molecule has 2 aliphatic heterocycles. The first kappa shape index (κ1) is 21.1. The molecule has 2 heterocycles. The molecule has 1 fully saturated rings. The maximum atomic E-state index is 13.0. The highest BCUT2D eigenvalue weighted by Crippen LogP contribution is 2.35. The number of fused-ring (bicyclic) bond motifs is 1. The number of benzene rings is 2. The van der Waals surface area contributed by atoms with Crippen molar-refractivity contribution in [1.29, 1.82) is 0 Å². The number of hydrogen-bond donors (Lipinski definition) is 1. The predicted molar refractivity (Wildman–Crippen MR) is 119 cm³/mol. The Morgan fingerprint density at radius 2 is 2.17 bits per heavy atom. The Kier molecular flexibility index (Phi) is 6.85. The summed E-state index contributed by atoms with van der Waals surface area (Å²) in [6.07, 6.45) is 3.57. The Bertz CT molecular complexity index is 895. The zero-order valence-electron chi connectivity index (χ0n) is 17.6. The minimum atomic E-state index is -0.0809. The summed E-state index contributed by atoms with van der Waals surface area (Å²) in [4.78, 5) is 13.9. The standard InChI is InChI=1S/C24H29NO4S/c1-3-27-21-12-17-11-16(2)29-22(17)13-18(21)14-25-24(26)20-8-4-5-9-23(20)30-15-19-7-6-10-28-19/h4-5,8-9,12-13,16,19H,3,6-7,10-11,14-15H2,1-2H3,(H,25,26). The third-order valence-electron chi connectivity index (χ3n) is 5.40. The molecule has 5 nitrogen and oxygen atoms in total. The lowest BCUT2D eigenvalue weighted by atomic mass is 10.1. The molecule has 0 aliphatic carbocycles. The van der Waals surface area contributed by atoms with Gasteiger partial charge in [0.2, 0.25) is 0 Å². The van der Waals surface area contributed by atoms with Crippen LogP contribution in [-0.4, -0.2) is 37.1 Å². The van der Waals surface area contributed by atoms with Crippen LogP contribution in [0.25, 0.3) is 0 Å². The fourth-order valence-electron chi connectivity index (χ4n) is 3.92. The lowest BCUT2D eigenvalue weighted by Crippen LogP contribution is -2.24. The molecule has 1 amide bonds. The summed E-state index contributed by atoms with van der Waals surface area (Å²) in [5.74, 6) is 2.50. The predicted octanol–water partition coefficient (Wildman–Crippen LogP) is 4.61. The average Bonchev–Trinajstić information content (AvgIpc) is 3.39. The van der Waals surface area contributed by atoms with Crippen LogP contribution >= 0.6 is 11.8 Å². The molecule has 2 aromatic rings. The van der Waals surface area contributed by atoms with Crippen molar-refractivity contribution in [3.63, 3.8) is 0 Å². The summed E-state index contributed by atoms with van der Waals surface area (Å²) in [7, 11) is 0. The molecule has 0 saturated carbocycles. The highest BCUT2D eigenvalue weighted by Gasteiger charge is 2.22. The van der Waals surface area contributed by atoms with E-state index in [9.17, 15) is 4.79 Å². The van der Waals surface area contributed by atoms with Gasteiger partial charge in [-0.3, -0.25) is 4.79 Å². The van der Waals surface area contributed by atoms with Crippen molar-refractivity contribution in [3.05, 3.63) is 53.1 Å². The molecule has 2 aliphatic rings. The number of thioether (sulfide) groups is 1. The summed E-state index contributed by atoms with van der Waals surface area (Å²) < 4.78 is 17.4. The van der Waals surface area contributed by atoms with Crippen LogP contribution in [-0.2, 0) is 17.7 Å². The van der Waals surface area contributed by atoms with Gasteiger partial charge in [-0.05, 0) is 51.0 Å². The van der Waals surface area contributed by atoms with E-state index in [1.807, 2.05) is 37.3 Å². The van der Waals surface area contributed by atoms with E-state index in [1.54, 1.807) is 11.8 Å². The van der Waals surface area contributed by atoms with Crippen LogP contribution < -0.4 is 14.8 Å². The van der Waals surface area contributed by atoms with E-state index >= 15 is 0 Å². The van der Waals surface area contributed by atoms with Crippen LogP contribution in [0.2, 0.25) is 0 Å². The van der Waals surface area contributed by atoms with Crippen molar-refractivity contribution in [1.82, 2.24) is 5.32 Å². The van der Waals surface area contributed by atoms with Crippen molar-refractivity contribution in [2.45, 2.75) is 56.8 Å². The summed E-state index contributed by atoms with van der Waals surface area (Å²) in [6.45, 7) is 5.85. The lowest BCUT2D eigenvalue weighted by Gasteiger charge is -2.15. The molecule has 0 bridgehead atoms. The van der Waals surface area contributed by atoms with Crippen molar-refractivity contribution in [2.24, 2.45) is 0 Å². The summed E-state index contributed by atoms with van der Waals surface area (Å²) in [6, 6.07) is 11.8. The molecule has 1 N–H and O–H groups in total. The number of carbonyl (C=O) groups is 1. The summed E-state index contributed by atoms with van der Waals surface area (Å²) >= 11 is 1.69. The van der Waals surface area contributed by atoms with E-state index < -0.39 is 0 Å². The largest absolute Gasteiger partial charge is 0.494 e. The van der Waals surface area contributed by atoms with Crippen LogP contribution in [0.5, 0.6) is 11.5 Å². The lowest BCUT2D eigenvalue weighted by molar-refractivity contribution is 0.0947. The molecule has 2 unspecified atom stereocenters. The number of hydrogen-bond acceptors (Lipinski definition) is 5. The Labute approximate surface area is 182 Å². The zero-order chi connectivity index (χ0) is 20.9. The van der Waals surface area contributed by atoms with Crippen LogP contribution in [0.3, 0.4) is 0 Å². The van der Waals surface area contributed by atoms with E-state index in [2.05, 4.69) is 18.3 Å². The Morgan fingerprint density at radius 1 is 1.30 bits per heavy atom. The maximum absolute atomic E-state index is 13.0. The molecule has 2 aromatic carbocycles. The topological polar surface area (TPSA) is 56.8 Å². The SMILES string of the molecule is CCOc1cc2c(cc1CNC(=O)c1ccccc1SCC1CCCO1)OC(C)C2. The van der Waals surface area contributed by atoms with Gasteiger partial charge < -0.3 is 19.5 Å². The number of rotatable bonds is 8. The fourth-order valence-corrected chi connectivity index (χ4v) is 5.04. The van der Waals surface area contributed by atoms with E-state index in [4.69, 9.17) is 14.2 Å². The van der Waals surface area contributed by atoms with Gasteiger partial charge in [0, 0.05) is 41.3 Å². The summed E-state index contributed by atoms with van der Waals surface area (Å²) in [5.41, 5.74) is 2.80. The van der Waals surface area contributed by atoms with E-state index in [0.717, 1.165) is 59.1 Å². The number of carbonyl (C=O) groups excluding carboxylic acids is 1. The second-order valence-electron chi connectivity index (χ2n) is 7.76. The minimum absolute atomic E-state index is 0.0809. The van der Waals surface area contributed by atoms with Crippen LogP contribution in [0.15, 0.2) is 41.3 Å². The molecule has 1 saturated heterocycles. The molecule has 0 spiro atoms. The first-order chi connectivity index (χ1) is 14.6. The van der Waals surface area contributed by atoms with Crippen molar-refractivity contribution in [2.75, 3.05) is 19.0 Å². The van der Waals surface area contributed by atoms with Gasteiger partial charge >= 0.3 is 0 Å². The van der Waals surface area contributed by atoms with Crippen LogP contribution in [0.1, 0.15) is 48.2 Å². The van der Waals surface area contributed by atoms with Gasteiger partial charge in [0.25, 0.3) is 5.91 Å². The molecule has 4 rings (SSSR count). The highest BCUT2D eigenvalue weighted by atomic mass is 32.2. The smallest absolute Gasteiger partial charge is 0.252 e. The Hall–Kier alpha value is -2.18. The monoisotopic (exact) mass is 427 g/mol. The number of ether oxygens (including phenoxy) is 3. The third kappa shape index (κ3) is 4.93. The normalized spacial score (nSPS) is 19.9. The van der Waals surface area contributed by atoms with Gasteiger partial charge in [-0.25, -0.2) is 0 Å². The van der Waals surface area contributed by atoms with Crippen molar-refractivity contribution in [3.8, 4) is 11.5 Å². The van der Waals surface area contributed by atoms with Gasteiger partial charge in [-0.1, -0.05) is 12.1 Å². The molecule has 30 heavy (non-hydrogen) atoms. The van der Waals surface area contributed by atoms with Crippen molar-refractivity contribution >= 4 is 17.7 Å². The van der Waals surface area contributed by atoms with Crippen LogP contribution in [0, 0.1) is 0 Å². The highest BCUT2D eigenvalue weighted by molar-refractivity contribution is 7.99. The maximum Gasteiger partial charge on any atom is 0.252 e.